The molecule has 0 aliphatic carbocycles. The molecule has 1 heteroatoms. The fraction of sp³-hybridized carbons (Fsp3) is 0.364. The van der Waals surface area contributed by atoms with E-state index in [2.05, 4.69) is 32.9 Å². The zero-order valence-electron chi connectivity index (χ0n) is 7.68. The van der Waals surface area contributed by atoms with Crippen molar-refractivity contribution in [3.05, 3.63) is 35.4 Å². The zero-order chi connectivity index (χ0) is 9.19. The van der Waals surface area contributed by atoms with Crippen LogP contribution in [0.5, 0.6) is 0 Å². The number of nitrogens with zero attached hydrogens (tertiary/aromatic N) is 1. The molecule has 1 aromatic carbocycles. The first-order chi connectivity index (χ1) is 5.55. The van der Waals surface area contributed by atoms with Crippen LogP contribution in [0.1, 0.15) is 31.9 Å². The van der Waals surface area contributed by atoms with Crippen molar-refractivity contribution in [1.82, 2.24) is 0 Å². The maximum Gasteiger partial charge on any atom is 0.0994 e. The molecule has 0 saturated heterocycles. The SMILES string of the molecule is CC(C)(C)c1cc[c]cc1C#N. The third-order valence-electron chi connectivity index (χ3n) is 1.79. The highest BCUT2D eigenvalue weighted by Crippen LogP contribution is 2.24. The summed E-state index contributed by atoms with van der Waals surface area (Å²) in [7, 11) is 0. The number of hydrogen-bond acceptors (Lipinski definition) is 1. The molecule has 1 aromatic rings. The minimum Gasteiger partial charge on any atom is -0.192 e. The van der Waals surface area contributed by atoms with Gasteiger partial charge in [-0.25, -0.2) is 0 Å². The lowest BCUT2D eigenvalue weighted by atomic mass is 9.84. The minimum atomic E-state index is 0.0418. The van der Waals surface area contributed by atoms with Gasteiger partial charge in [0.2, 0.25) is 0 Å². The number of hydrogen-bond donors (Lipinski definition) is 0. The number of benzene rings is 1. The van der Waals surface area contributed by atoms with Gasteiger partial charge in [0, 0.05) is 0 Å². The fourth-order valence-corrected chi connectivity index (χ4v) is 1.18. The Balaban J connectivity index is 3.26. The molecule has 0 fully saturated rings. The van der Waals surface area contributed by atoms with Crippen LogP contribution in [0.15, 0.2) is 18.2 Å². The van der Waals surface area contributed by atoms with Gasteiger partial charge in [-0.15, -0.1) is 0 Å². The van der Waals surface area contributed by atoms with Crippen molar-refractivity contribution in [1.29, 1.82) is 5.26 Å². The Kier molecular flexibility index (Phi) is 2.19. The first kappa shape index (κ1) is 8.80. The third kappa shape index (κ3) is 1.65. The lowest BCUT2D eigenvalue weighted by Crippen LogP contribution is -2.12. The second-order valence-electron chi connectivity index (χ2n) is 3.83. The predicted octanol–water partition coefficient (Wildman–Crippen LogP) is 2.66. The average Bonchev–Trinajstić information content (AvgIpc) is 2.03. The quantitative estimate of drug-likeness (QED) is 0.569. The van der Waals surface area contributed by atoms with E-state index in [-0.39, 0.29) is 5.41 Å². The van der Waals surface area contributed by atoms with E-state index < -0.39 is 0 Å². The van der Waals surface area contributed by atoms with Crippen LogP contribution in [-0.2, 0) is 5.41 Å². The molecule has 0 amide bonds. The largest absolute Gasteiger partial charge is 0.192 e. The third-order valence-corrected chi connectivity index (χ3v) is 1.79. The van der Waals surface area contributed by atoms with Crippen molar-refractivity contribution in [2.24, 2.45) is 0 Å². The smallest absolute Gasteiger partial charge is 0.0994 e. The van der Waals surface area contributed by atoms with E-state index >= 15 is 0 Å². The molecule has 61 valence electrons. The lowest BCUT2D eigenvalue weighted by Gasteiger charge is -2.19. The standard InChI is InChI=1S/C11H12N/c1-11(2,3)10-7-5-4-6-9(10)8-12/h5-7H,1-3H3. The van der Waals surface area contributed by atoms with Crippen molar-refractivity contribution in [3.8, 4) is 6.07 Å². The molecule has 12 heavy (non-hydrogen) atoms. The van der Waals surface area contributed by atoms with Gasteiger partial charge in [0.1, 0.15) is 0 Å². The lowest BCUT2D eigenvalue weighted by molar-refractivity contribution is 0.588. The van der Waals surface area contributed by atoms with Crippen molar-refractivity contribution in [2.75, 3.05) is 0 Å². The molecule has 0 aliphatic rings. The highest BCUT2D eigenvalue weighted by Gasteiger charge is 2.16. The summed E-state index contributed by atoms with van der Waals surface area (Å²) in [6, 6.07) is 10.6. The first-order valence-corrected chi connectivity index (χ1v) is 3.96. The van der Waals surface area contributed by atoms with Crippen molar-refractivity contribution in [3.63, 3.8) is 0 Å². The van der Waals surface area contributed by atoms with E-state index in [1.807, 2.05) is 12.1 Å². The van der Waals surface area contributed by atoms with E-state index in [4.69, 9.17) is 5.26 Å². The predicted molar refractivity (Wildman–Crippen MR) is 48.7 cm³/mol. The number of rotatable bonds is 0. The Morgan fingerprint density at radius 2 is 2.08 bits per heavy atom. The molecule has 0 atom stereocenters. The highest BCUT2D eigenvalue weighted by molar-refractivity contribution is 5.40. The van der Waals surface area contributed by atoms with Crippen molar-refractivity contribution in [2.45, 2.75) is 26.2 Å². The van der Waals surface area contributed by atoms with Crippen LogP contribution in [0, 0.1) is 17.4 Å². The van der Waals surface area contributed by atoms with E-state index in [0.29, 0.717) is 0 Å². The summed E-state index contributed by atoms with van der Waals surface area (Å²) in [5.74, 6) is 0. The molecule has 0 aromatic heterocycles. The molecule has 1 nitrogen and oxygen atoms in total. The van der Waals surface area contributed by atoms with E-state index in [9.17, 15) is 0 Å². The molecule has 0 heterocycles. The van der Waals surface area contributed by atoms with Crippen LogP contribution in [0.3, 0.4) is 0 Å². The maximum absolute atomic E-state index is 8.81. The van der Waals surface area contributed by atoms with Crippen LogP contribution in [-0.4, -0.2) is 0 Å². The molecule has 0 bridgehead atoms. The van der Waals surface area contributed by atoms with Gasteiger partial charge < -0.3 is 0 Å². The summed E-state index contributed by atoms with van der Waals surface area (Å²) in [6.45, 7) is 6.30. The Labute approximate surface area is 73.6 Å². The minimum absolute atomic E-state index is 0.0418. The van der Waals surface area contributed by atoms with Crippen LogP contribution >= 0.6 is 0 Å². The van der Waals surface area contributed by atoms with Crippen LogP contribution in [0.4, 0.5) is 0 Å². The molecule has 0 saturated carbocycles. The van der Waals surface area contributed by atoms with Crippen LogP contribution in [0.2, 0.25) is 0 Å². The van der Waals surface area contributed by atoms with Crippen LogP contribution < -0.4 is 0 Å². The monoisotopic (exact) mass is 158 g/mol. The second-order valence-corrected chi connectivity index (χ2v) is 3.83. The van der Waals surface area contributed by atoms with Gasteiger partial charge in [0.05, 0.1) is 11.6 Å². The van der Waals surface area contributed by atoms with Gasteiger partial charge in [-0.1, -0.05) is 32.9 Å². The average molecular weight is 158 g/mol. The Morgan fingerprint density at radius 1 is 1.42 bits per heavy atom. The summed E-state index contributed by atoms with van der Waals surface area (Å²) in [4.78, 5) is 0. The first-order valence-electron chi connectivity index (χ1n) is 3.96. The van der Waals surface area contributed by atoms with Crippen molar-refractivity contribution >= 4 is 0 Å². The number of nitriles is 1. The highest BCUT2D eigenvalue weighted by atomic mass is 14.3. The van der Waals surface area contributed by atoms with E-state index in [1.165, 1.54) is 0 Å². The molecule has 0 spiro atoms. The van der Waals surface area contributed by atoms with Gasteiger partial charge in [-0.2, -0.15) is 5.26 Å². The molecule has 0 unspecified atom stereocenters. The van der Waals surface area contributed by atoms with Gasteiger partial charge in [-0.3, -0.25) is 0 Å². The molecule has 0 aliphatic heterocycles. The fourth-order valence-electron chi connectivity index (χ4n) is 1.18. The van der Waals surface area contributed by atoms with Gasteiger partial charge in [-0.05, 0) is 23.1 Å². The molecule has 1 rings (SSSR count). The molecular formula is C11H12N. The maximum atomic E-state index is 8.81. The van der Waals surface area contributed by atoms with Gasteiger partial charge in [0.15, 0.2) is 0 Å². The Bertz CT molecular complexity index is 313. The Hall–Kier alpha value is -1.29. The zero-order valence-corrected chi connectivity index (χ0v) is 7.68. The molecule has 0 N–H and O–H groups in total. The van der Waals surface area contributed by atoms with Crippen LogP contribution in [0.25, 0.3) is 0 Å². The molecular weight excluding hydrogens is 146 g/mol. The second kappa shape index (κ2) is 2.98. The van der Waals surface area contributed by atoms with E-state index in [1.54, 1.807) is 6.07 Å². The topological polar surface area (TPSA) is 23.8 Å². The van der Waals surface area contributed by atoms with Gasteiger partial charge in [0.25, 0.3) is 0 Å². The van der Waals surface area contributed by atoms with E-state index in [0.717, 1.165) is 11.1 Å². The summed E-state index contributed by atoms with van der Waals surface area (Å²) in [6.07, 6.45) is 0. The summed E-state index contributed by atoms with van der Waals surface area (Å²) < 4.78 is 0. The summed E-state index contributed by atoms with van der Waals surface area (Å²) in [5.41, 5.74) is 1.86. The normalized spacial score (nSPS) is 10.8. The van der Waals surface area contributed by atoms with Gasteiger partial charge >= 0.3 is 0 Å². The van der Waals surface area contributed by atoms with Crippen molar-refractivity contribution < 1.29 is 0 Å². The summed E-state index contributed by atoms with van der Waals surface area (Å²) in [5, 5.41) is 8.81. The summed E-state index contributed by atoms with van der Waals surface area (Å²) >= 11 is 0. The molecule has 1 radical (unpaired) electrons. The Morgan fingerprint density at radius 3 is 2.50 bits per heavy atom.